The predicted octanol–water partition coefficient (Wildman–Crippen LogP) is 2.57. The van der Waals surface area contributed by atoms with Crippen LogP contribution in [0.2, 0.25) is 0 Å². The Hall–Kier alpha value is -0.460. The van der Waals surface area contributed by atoms with Crippen LogP contribution in [0.4, 0.5) is 0 Å². The fraction of sp³-hybridized carbons (Fsp3) is 0.895. The lowest BCUT2D eigenvalue weighted by Crippen LogP contribution is -2.52. The summed E-state index contributed by atoms with van der Waals surface area (Å²) in [6, 6.07) is 0. The second-order valence-electron chi connectivity index (χ2n) is 6.79. The molecule has 5 nitrogen and oxygen atoms in total. The number of ether oxygens (including phenoxy) is 2. The Labute approximate surface area is 146 Å². The molecule has 1 aliphatic heterocycles. The molecule has 24 heavy (non-hydrogen) atoms. The number of hydrogen-bond donors (Lipinski definition) is 3. The van der Waals surface area contributed by atoms with Crippen LogP contribution in [0.15, 0.2) is 12.2 Å². The summed E-state index contributed by atoms with van der Waals surface area (Å²) < 4.78 is 10.9. The lowest BCUT2D eigenvalue weighted by Gasteiger charge is -2.34. The summed E-state index contributed by atoms with van der Waals surface area (Å²) in [5.74, 6) is 0. The molecule has 0 aliphatic carbocycles. The van der Waals surface area contributed by atoms with Gasteiger partial charge in [0.05, 0.1) is 13.2 Å². The van der Waals surface area contributed by atoms with Gasteiger partial charge >= 0.3 is 0 Å². The highest BCUT2D eigenvalue weighted by Gasteiger charge is 2.48. The summed E-state index contributed by atoms with van der Waals surface area (Å²) in [5.41, 5.74) is -1.10. The molecular formula is C19H36O5. The molecule has 1 fully saturated rings. The molecule has 1 aliphatic rings. The van der Waals surface area contributed by atoms with Gasteiger partial charge in [-0.15, -0.1) is 0 Å². The van der Waals surface area contributed by atoms with Gasteiger partial charge in [-0.3, -0.25) is 0 Å². The van der Waals surface area contributed by atoms with Crippen LogP contribution >= 0.6 is 0 Å². The van der Waals surface area contributed by atoms with Crippen LogP contribution in [-0.4, -0.2) is 59.6 Å². The highest BCUT2D eigenvalue weighted by Crippen LogP contribution is 2.29. The monoisotopic (exact) mass is 344 g/mol. The van der Waals surface area contributed by atoms with Crippen molar-refractivity contribution in [3.63, 3.8) is 0 Å². The fourth-order valence-corrected chi connectivity index (χ4v) is 3.20. The maximum atomic E-state index is 10.0. The van der Waals surface area contributed by atoms with E-state index in [0.717, 1.165) is 12.8 Å². The normalized spacial score (nSPS) is 27.0. The first-order chi connectivity index (χ1) is 11.6. The third-order valence-electron chi connectivity index (χ3n) is 4.88. The molecule has 4 atom stereocenters. The van der Waals surface area contributed by atoms with E-state index in [1.165, 1.54) is 52.1 Å². The number of methoxy groups -OCH3 is 1. The van der Waals surface area contributed by atoms with Crippen molar-refractivity contribution < 1.29 is 24.8 Å². The summed E-state index contributed by atoms with van der Waals surface area (Å²) in [6.45, 7) is 1.99. The van der Waals surface area contributed by atoms with Crippen molar-refractivity contribution in [2.24, 2.45) is 0 Å². The van der Waals surface area contributed by atoms with Gasteiger partial charge in [-0.25, -0.2) is 0 Å². The molecule has 1 heterocycles. The quantitative estimate of drug-likeness (QED) is 0.353. The first-order valence-electron chi connectivity index (χ1n) is 9.42. The largest absolute Gasteiger partial charge is 0.393 e. The van der Waals surface area contributed by atoms with E-state index in [1.54, 1.807) is 6.08 Å². The van der Waals surface area contributed by atoms with Crippen molar-refractivity contribution in [1.29, 1.82) is 0 Å². The van der Waals surface area contributed by atoms with Crippen LogP contribution < -0.4 is 0 Å². The molecule has 0 unspecified atom stereocenters. The third-order valence-corrected chi connectivity index (χ3v) is 4.88. The Morgan fingerprint density at radius 3 is 2.21 bits per heavy atom. The van der Waals surface area contributed by atoms with Crippen LogP contribution in [0.1, 0.15) is 64.7 Å². The summed E-state index contributed by atoms with van der Waals surface area (Å²) in [4.78, 5) is 0. The van der Waals surface area contributed by atoms with Gasteiger partial charge in [-0.2, -0.15) is 0 Å². The average molecular weight is 344 g/mol. The van der Waals surface area contributed by atoms with E-state index in [1.807, 2.05) is 6.08 Å². The van der Waals surface area contributed by atoms with Gasteiger partial charge in [-0.05, 0) is 12.8 Å². The first-order valence-corrected chi connectivity index (χ1v) is 9.42. The van der Waals surface area contributed by atoms with Crippen molar-refractivity contribution >= 4 is 0 Å². The zero-order chi connectivity index (χ0) is 17.8. The van der Waals surface area contributed by atoms with Gasteiger partial charge in [0.15, 0.2) is 0 Å². The summed E-state index contributed by atoms with van der Waals surface area (Å²) in [6.07, 6.45) is 12.1. The Balaban J connectivity index is 2.31. The van der Waals surface area contributed by atoms with Gasteiger partial charge < -0.3 is 24.8 Å². The lowest BCUT2D eigenvalue weighted by atomic mass is 9.91. The van der Waals surface area contributed by atoms with Crippen molar-refractivity contribution in [3.05, 3.63) is 12.2 Å². The number of aliphatic hydroxyl groups excluding tert-OH is 3. The number of aliphatic hydroxyl groups is 3. The van der Waals surface area contributed by atoms with E-state index >= 15 is 0 Å². The molecule has 0 saturated carbocycles. The van der Waals surface area contributed by atoms with E-state index in [-0.39, 0.29) is 13.2 Å². The Kier molecular flexibility index (Phi) is 10.8. The zero-order valence-electron chi connectivity index (χ0n) is 15.3. The smallest absolute Gasteiger partial charge is 0.137 e. The molecule has 0 amide bonds. The van der Waals surface area contributed by atoms with E-state index in [0.29, 0.717) is 0 Å². The third kappa shape index (κ3) is 6.45. The fourth-order valence-electron chi connectivity index (χ4n) is 3.20. The molecule has 3 N–H and O–H groups in total. The van der Waals surface area contributed by atoms with Crippen molar-refractivity contribution in [2.75, 3.05) is 20.3 Å². The van der Waals surface area contributed by atoms with Gasteiger partial charge in [0.25, 0.3) is 0 Å². The van der Waals surface area contributed by atoms with Crippen molar-refractivity contribution in [2.45, 2.75) is 88.6 Å². The molecule has 0 bridgehead atoms. The van der Waals surface area contributed by atoms with Gasteiger partial charge in [-0.1, -0.05) is 64.0 Å². The molecule has 0 aromatic rings. The van der Waals surface area contributed by atoms with Crippen LogP contribution in [0.25, 0.3) is 0 Å². The summed E-state index contributed by atoms with van der Waals surface area (Å²) >= 11 is 0. The predicted molar refractivity (Wildman–Crippen MR) is 94.9 cm³/mol. The van der Waals surface area contributed by atoms with Gasteiger partial charge in [0.2, 0.25) is 0 Å². The highest BCUT2D eigenvalue weighted by molar-refractivity contribution is 5.11. The molecule has 0 radical (unpaired) electrons. The Morgan fingerprint density at radius 1 is 1.08 bits per heavy atom. The highest BCUT2D eigenvalue weighted by atomic mass is 16.6. The second kappa shape index (κ2) is 12.0. The van der Waals surface area contributed by atoms with E-state index in [2.05, 4.69) is 6.92 Å². The number of hydrogen-bond acceptors (Lipinski definition) is 5. The minimum absolute atomic E-state index is 0.0583. The van der Waals surface area contributed by atoms with Crippen LogP contribution in [0.3, 0.4) is 0 Å². The van der Waals surface area contributed by atoms with E-state index in [9.17, 15) is 15.3 Å². The molecule has 1 rings (SSSR count). The van der Waals surface area contributed by atoms with Gasteiger partial charge in [0.1, 0.15) is 23.9 Å². The Morgan fingerprint density at radius 2 is 1.71 bits per heavy atom. The standard InChI is InChI=1S/C19H36O5/c1-3-4-5-6-7-8-9-10-11-12-13-19(15-20,23-2)18-17(22)16(21)14-24-18/h12-13,16-18,20-22H,3-11,14-15H2,1-2H3/t16-,17+,18-,19+/m0/s1. The molecular weight excluding hydrogens is 308 g/mol. The molecule has 142 valence electrons. The van der Waals surface area contributed by atoms with Crippen molar-refractivity contribution in [1.82, 2.24) is 0 Å². The number of rotatable bonds is 13. The lowest BCUT2D eigenvalue weighted by molar-refractivity contribution is -0.131. The summed E-state index contributed by atoms with van der Waals surface area (Å²) in [5, 5.41) is 29.4. The van der Waals surface area contributed by atoms with E-state index < -0.39 is 23.9 Å². The molecule has 5 heteroatoms. The molecule has 1 saturated heterocycles. The molecule has 0 aromatic carbocycles. The van der Waals surface area contributed by atoms with Crippen molar-refractivity contribution in [3.8, 4) is 0 Å². The maximum Gasteiger partial charge on any atom is 0.137 e. The molecule has 0 spiro atoms. The van der Waals surface area contributed by atoms with E-state index in [4.69, 9.17) is 9.47 Å². The second-order valence-corrected chi connectivity index (χ2v) is 6.79. The SMILES string of the molecule is CCCCCCCCCCC=C[C@](CO)(OC)[C@H]1OC[C@H](O)[C@H]1O. The first kappa shape index (κ1) is 21.6. The zero-order valence-corrected chi connectivity index (χ0v) is 15.3. The summed E-state index contributed by atoms with van der Waals surface area (Å²) in [7, 11) is 1.48. The topological polar surface area (TPSA) is 79.2 Å². The van der Waals surface area contributed by atoms with Crippen LogP contribution in [0.5, 0.6) is 0 Å². The number of allylic oxidation sites excluding steroid dienone is 1. The Bertz CT molecular complexity index is 341. The van der Waals surface area contributed by atoms with Crippen LogP contribution in [-0.2, 0) is 9.47 Å². The average Bonchev–Trinajstić information content (AvgIpc) is 2.93. The molecule has 0 aromatic heterocycles. The minimum Gasteiger partial charge on any atom is -0.393 e. The number of unbranched alkanes of at least 4 members (excludes halogenated alkanes) is 8. The van der Waals surface area contributed by atoms with Gasteiger partial charge in [0, 0.05) is 7.11 Å². The minimum atomic E-state index is -1.10. The van der Waals surface area contributed by atoms with Crippen LogP contribution in [0, 0.1) is 0 Å². The maximum absolute atomic E-state index is 10.0.